The largest absolute Gasteiger partial charge is 0.330 e. The first-order chi connectivity index (χ1) is 9.29. The Hall–Kier alpha value is -0.580. The second-order valence-electron chi connectivity index (χ2n) is 5.17. The molecule has 1 saturated heterocycles. The van der Waals surface area contributed by atoms with Crippen molar-refractivity contribution in [2.75, 3.05) is 31.9 Å². The number of thioether (sulfide) groups is 1. The maximum Gasteiger partial charge on any atom is 0.136 e. The predicted molar refractivity (Wildman–Crippen MR) is 80.0 cm³/mol. The van der Waals surface area contributed by atoms with Crippen LogP contribution in [0.1, 0.15) is 19.3 Å². The molecule has 0 radical (unpaired) electrons. The fraction of sp³-hybridized carbons (Fsp3) is 0.600. The number of nitrogens with two attached hydrogens (primary N) is 1. The Labute approximate surface area is 119 Å². The lowest BCUT2D eigenvalue weighted by atomic mass is 9.95. The van der Waals surface area contributed by atoms with Crippen LogP contribution in [0.3, 0.4) is 0 Å². The molecule has 1 unspecified atom stereocenters. The van der Waals surface area contributed by atoms with Gasteiger partial charge in [0.15, 0.2) is 0 Å². The third-order valence-corrected chi connectivity index (χ3v) is 4.71. The number of benzene rings is 1. The van der Waals surface area contributed by atoms with E-state index >= 15 is 0 Å². The molecule has 2 N–H and O–H groups in total. The van der Waals surface area contributed by atoms with Crippen LogP contribution in [0.25, 0.3) is 0 Å². The van der Waals surface area contributed by atoms with Gasteiger partial charge in [0.25, 0.3) is 0 Å². The lowest BCUT2D eigenvalue weighted by Crippen LogP contribution is -2.37. The van der Waals surface area contributed by atoms with E-state index in [9.17, 15) is 4.39 Å². The molecule has 0 aliphatic carbocycles. The maximum atomic E-state index is 13.5. The minimum atomic E-state index is -0.104. The van der Waals surface area contributed by atoms with Crippen LogP contribution in [-0.4, -0.2) is 36.8 Å². The Bertz CT molecular complexity index is 384. The van der Waals surface area contributed by atoms with Gasteiger partial charge in [0.1, 0.15) is 5.82 Å². The van der Waals surface area contributed by atoms with Crippen LogP contribution in [0.4, 0.5) is 4.39 Å². The van der Waals surface area contributed by atoms with Gasteiger partial charge < -0.3 is 10.6 Å². The van der Waals surface area contributed by atoms with Crippen LogP contribution in [0, 0.1) is 11.7 Å². The Morgan fingerprint density at radius 3 is 3.00 bits per heavy atom. The molecule has 1 aliphatic heterocycles. The van der Waals surface area contributed by atoms with Crippen molar-refractivity contribution in [1.29, 1.82) is 0 Å². The Balaban J connectivity index is 1.72. The number of piperidine rings is 1. The van der Waals surface area contributed by atoms with Crippen molar-refractivity contribution < 1.29 is 4.39 Å². The van der Waals surface area contributed by atoms with E-state index in [0.29, 0.717) is 0 Å². The zero-order chi connectivity index (χ0) is 13.5. The van der Waals surface area contributed by atoms with E-state index in [-0.39, 0.29) is 5.82 Å². The zero-order valence-electron chi connectivity index (χ0n) is 11.4. The highest BCUT2D eigenvalue weighted by molar-refractivity contribution is 7.99. The lowest BCUT2D eigenvalue weighted by molar-refractivity contribution is 0.179. The van der Waals surface area contributed by atoms with Crippen LogP contribution in [-0.2, 0) is 0 Å². The van der Waals surface area contributed by atoms with Gasteiger partial charge in [0.05, 0.1) is 0 Å². The molecule has 1 aromatic rings. The second-order valence-corrected chi connectivity index (χ2v) is 6.30. The third kappa shape index (κ3) is 4.79. The average Bonchev–Trinajstić information content (AvgIpc) is 2.42. The minimum absolute atomic E-state index is 0.104. The van der Waals surface area contributed by atoms with Crippen LogP contribution in [0.15, 0.2) is 29.2 Å². The van der Waals surface area contributed by atoms with Crippen molar-refractivity contribution in [3.63, 3.8) is 0 Å². The van der Waals surface area contributed by atoms with E-state index in [4.69, 9.17) is 5.73 Å². The van der Waals surface area contributed by atoms with Gasteiger partial charge >= 0.3 is 0 Å². The predicted octanol–water partition coefficient (Wildman–Crippen LogP) is 2.98. The molecule has 1 aliphatic rings. The summed E-state index contributed by atoms with van der Waals surface area (Å²) in [6, 6.07) is 7.01. The van der Waals surface area contributed by atoms with Crippen LogP contribution < -0.4 is 5.73 Å². The maximum absolute atomic E-state index is 13.5. The number of halogens is 1. The molecule has 4 heteroatoms. The van der Waals surface area contributed by atoms with Crippen molar-refractivity contribution >= 4 is 11.8 Å². The number of hydrogen-bond donors (Lipinski definition) is 1. The lowest BCUT2D eigenvalue weighted by Gasteiger charge is -2.32. The van der Waals surface area contributed by atoms with Gasteiger partial charge in [0, 0.05) is 23.7 Å². The first-order valence-electron chi connectivity index (χ1n) is 7.09. The molecule has 0 aromatic heterocycles. The molecule has 106 valence electrons. The summed E-state index contributed by atoms with van der Waals surface area (Å²) in [6.45, 7) is 4.18. The molecule has 1 heterocycles. The molecular formula is C15H23FN2S. The first-order valence-corrected chi connectivity index (χ1v) is 8.08. The summed E-state index contributed by atoms with van der Waals surface area (Å²) in [5, 5.41) is 0. The summed E-state index contributed by atoms with van der Waals surface area (Å²) in [7, 11) is 0. The molecule has 0 amide bonds. The van der Waals surface area contributed by atoms with Crippen LogP contribution in [0.2, 0.25) is 0 Å². The Morgan fingerprint density at radius 1 is 1.37 bits per heavy atom. The van der Waals surface area contributed by atoms with Crippen molar-refractivity contribution in [2.24, 2.45) is 11.7 Å². The summed E-state index contributed by atoms with van der Waals surface area (Å²) >= 11 is 1.61. The summed E-state index contributed by atoms with van der Waals surface area (Å²) in [6.07, 6.45) is 3.72. The first kappa shape index (κ1) is 14.8. The van der Waals surface area contributed by atoms with Gasteiger partial charge in [-0.25, -0.2) is 4.39 Å². The molecule has 2 rings (SSSR count). The SMILES string of the molecule is NCCC1CCCN(CCSc2ccccc2F)C1. The molecule has 0 saturated carbocycles. The zero-order valence-corrected chi connectivity index (χ0v) is 12.2. The second kappa shape index (κ2) is 7.88. The van der Waals surface area contributed by atoms with E-state index in [1.165, 1.54) is 25.5 Å². The average molecular weight is 282 g/mol. The highest BCUT2D eigenvalue weighted by Gasteiger charge is 2.18. The molecule has 0 bridgehead atoms. The summed E-state index contributed by atoms with van der Waals surface area (Å²) in [5.74, 6) is 1.61. The fourth-order valence-electron chi connectivity index (χ4n) is 2.67. The van der Waals surface area contributed by atoms with E-state index in [0.717, 1.165) is 42.6 Å². The number of rotatable bonds is 6. The fourth-order valence-corrected chi connectivity index (χ4v) is 3.62. The number of nitrogens with zero attached hydrogens (tertiary/aromatic N) is 1. The van der Waals surface area contributed by atoms with Gasteiger partial charge in [-0.05, 0) is 50.4 Å². The van der Waals surface area contributed by atoms with Crippen molar-refractivity contribution in [2.45, 2.75) is 24.2 Å². The minimum Gasteiger partial charge on any atom is -0.330 e. The third-order valence-electron chi connectivity index (χ3n) is 3.68. The molecule has 2 nitrogen and oxygen atoms in total. The molecule has 1 aromatic carbocycles. The number of hydrogen-bond acceptors (Lipinski definition) is 3. The molecular weight excluding hydrogens is 259 g/mol. The standard InChI is InChI=1S/C15H23FN2S/c16-14-5-1-2-6-15(14)19-11-10-18-9-3-4-13(12-18)7-8-17/h1-2,5-6,13H,3-4,7-12,17H2. The van der Waals surface area contributed by atoms with E-state index in [2.05, 4.69) is 4.90 Å². The molecule has 0 spiro atoms. The normalized spacial score (nSPS) is 20.6. The van der Waals surface area contributed by atoms with Crippen LogP contribution in [0.5, 0.6) is 0 Å². The van der Waals surface area contributed by atoms with Crippen molar-refractivity contribution in [1.82, 2.24) is 4.90 Å². The smallest absolute Gasteiger partial charge is 0.136 e. The molecule has 1 fully saturated rings. The van der Waals surface area contributed by atoms with E-state index in [1.807, 2.05) is 12.1 Å². The molecule has 19 heavy (non-hydrogen) atoms. The van der Waals surface area contributed by atoms with Gasteiger partial charge in [-0.2, -0.15) is 0 Å². The Kier molecular flexibility index (Phi) is 6.14. The van der Waals surface area contributed by atoms with E-state index < -0.39 is 0 Å². The Morgan fingerprint density at radius 2 is 2.21 bits per heavy atom. The highest BCUT2D eigenvalue weighted by Crippen LogP contribution is 2.23. The van der Waals surface area contributed by atoms with E-state index in [1.54, 1.807) is 17.8 Å². The number of likely N-dealkylation sites (tertiary alicyclic amines) is 1. The van der Waals surface area contributed by atoms with Crippen molar-refractivity contribution in [3.8, 4) is 0 Å². The summed E-state index contributed by atoms with van der Waals surface area (Å²) in [4.78, 5) is 3.26. The quantitative estimate of drug-likeness (QED) is 0.813. The molecule has 1 atom stereocenters. The highest BCUT2D eigenvalue weighted by atomic mass is 32.2. The van der Waals surface area contributed by atoms with Gasteiger partial charge in [0.2, 0.25) is 0 Å². The summed E-state index contributed by atoms with van der Waals surface area (Å²) < 4.78 is 13.5. The summed E-state index contributed by atoms with van der Waals surface area (Å²) in [5.41, 5.74) is 5.63. The van der Waals surface area contributed by atoms with Gasteiger partial charge in [-0.15, -0.1) is 11.8 Å². The topological polar surface area (TPSA) is 29.3 Å². The van der Waals surface area contributed by atoms with Gasteiger partial charge in [-0.3, -0.25) is 0 Å². The van der Waals surface area contributed by atoms with Crippen LogP contribution >= 0.6 is 11.8 Å². The monoisotopic (exact) mass is 282 g/mol. The van der Waals surface area contributed by atoms with Crippen molar-refractivity contribution in [3.05, 3.63) is 30.1 Å². The van der Waals surface area contributed by atoms with Gasteiger partial charge in [-0.1, -0.05) is 12.1 Å².